The Labute approximate surface area is 91.4 Å². The predicted molar refractivity (Wildman–Crippen MR) is 61.3 cm³/mol. The van der Waals surface area contributed by atoms with Crippen molar-refractivity contribution < 1.29 is 4.79 Å². The standard InChI is InChI=1S/C13H19NO/c1-9-3-6-12(7-10(9)2)13(15)14-8-11-4-5-11/h3,6-7,9-11H,4-5,8H2,1-2H3,(H,14,15). The second kappa shape index (κ2) is 4.21. The van der Waals surface area contributed by atoms with E-state index in [9.17, 15) is 4.79 Å². The van der Waals surface area contributed by atoms with E-state index in [2.05, 4.69) is 31.3 Å². The third-order valence-electron chi connectivity index (χ3n) is 3.36. The van der Waals surface area contributed by atoms with Crippen molar-refractivity contribution in [2.45, 2.75) is 26.7 Å². The molecule has 2 unspecified atom stereocenters. The maximum Gasteiger partial charge on any atom is 0.250 e. The molecule has 0 saturated heterocycles. The molecule has 0 radical (unpaired) electrons. The Morgan fingerprint density at radius 2 is 2.13 bits per heavy atom. The average molecular weight is 205 g/mol. The minimum atomic E-state index is 0.0944. The molecule has 2 aliphatic carbocycles. The molecule has 2 atom stereocenters. The van der Waals surface area contributed by atoms with Crippen molar-refractivity contribution in [3.05, 3.63) is 23.8 Å². The van der Waals surface area contributed by atoms with Gasteiger partial charge in [0.05, 0.1) is 0 Å². The molecule has 0 bridgehead atoms. The van der Waals surface area contributed by atoms with Gasteiger partial charge in [0.2, 0.25) is 0 Å². The van der Waals surface area contributed by atoms with Gasteiger partial charge in [0, 0.05) is 12.1 Å². The molecule has 0 aromatic rings. The number of carbonyl (C=O) groups excluding carboxylic acids is 1. The first-order valence-corrected chi connectivity index (χ1v) is 5.85. The van der Waals surface area contributed by atoms with Crippen molar-refractivity contribution in [2.75, 3.05) is 6.54 Å². The van der Waals surface area contributed by atoms with Crippen molar-refractivity contribution in [2.24, 2.45) is 17.8 Å². The first kappa shape index (κ1) is 10.5. The molecule has 0 aliphatic heterocycles. The van der Waals surface area contributed by atoms with E-state index in [1.807, 2.05) is 6.08 Å². The van der Waals surface area contributed by atoms with E-state index in [1.165, 1.54) is 12.8 Å². The molecule has 1 amide bonds. The summed E-state index contributed by atoms with van der Waals surface area (Å²) in [5.74, 6) is 1.86. The summed E-state index contributed by atoms with van der Waals surface area (Å²) in [4.78, 5) is 11.8. The van der Waals surface area contributed by atoms with E-state index < -0.39 is 0 Å². The van der Waals surface area contributed by atoms with E-state index in [1.54, 1.807) is 0 Å². The second-order valence-corrected chi connectivity index (χ2v) is 4.85. The van der Waals surface area contributed by atoms with Crippen molar-refractivity contribution >= 4 is 5.91 Å². The smallest absolute Gasteiger partial charge is 0.250 e. The van der Waals surface area contributed by atoms with Crippen LogP contribution in [0, 0.1) is 17.8 Å². The summed E-state index contributed by atoms with van der Waals surface area (Å²) in [5, 5.41) is 2.99. The Morgan fingerprint density at radius 3 is 2.73 bits per heavy atom. The van der Waals surface area contributed by atoms with Gasteiger partial charge in [-0.3, -0.25) is 4.79 Å². The van der Waals surface area contributed by atoms with E-state index >= 15 is 0 Å². The SMILES string of the molecule is CC1C=CC(C(=O)NCC2CC2)=CC1C. The third kappa shape index (κ3) is 2.71. The number of rotatable bonds is 3. The summed E-state index contributed by atoms with van der Waals surface area (Å²) in [6.45, 7) is 5.19. The molecule has 2 rings (SSSR count). The summed E-state index contributed by atoms with van der Waals surface area (Å²) < 4.78 is 0. The molecule has 15 heavy (non-hydrogen) atoms. The molecule has 1 fully saturated rings. The minimum absolute atomic E-state index is 0.0944. The van der Waals surface area contributed by atoms with Gasteiger partial charge in [-0.2, -0.15) is 0 Å². The van der Waals surface area contributed by atoms with Crippen molar-refractivity contribution in [1.29, 1.82) is 0 Å². The summed E-state index contributed by atoms with van der Waals surface area (Å²) in [6.07, 6.45) is 8.71. The van der Waals surface area contributed by atoms with Crippen molar-refractivity contribution in [3.63, 3.8) is 0 Å². The van der Waals surface area contributed by atoms with Crippen LogP contribution in [0.4, 0.5) is 0 Å². The van der Waals surface area contributed by atoms with Gasteiger partial charge in [-0.15, -0.1) is 0 Å². The van der Waals surface area contributed by atoms with Crippen LogP contribution in [-0.4, -0.2) is 12.5 Å². The summed E-state index contributed by atoms with van der Waals surface area (Å²) in [5.41, 5.74) is 0.834. The van der Waals surface area contributed by atoms with E-state index in [0.717, 1.165) is 18.0 Å². The number of nitrogens with one attached hydrogen (secondary N) is 1. The number of hydrogen-bond donors (Lipinski definition) is 1. The van der Waals surface area contributed by atoms with Gasteiger partial charge in [0.15, 0.2) is 0 Å². The van der Waals surface area contributed by atoms with Crippen LogP contribution >= 0.6 is 0 Å². The Morgan fingerprint density at radius 1 is 1.40 bits per heavy atom. The molecule has 0 heterocycles. The van der Waals surface area contributed by atoms with Crippen LogP contribution in [0.1, 0.15) is 26.7 Å². The number of hydrogen-bond acceptors (Lipinski definition) is 1. The summed E-state index contributed by atoms with van der Waals surface area (Å²) in [7, 11) is 0. The fourth-order valence-electron chi connectivity index (χ4n) is 1.73. The van der Waals surface area contributed by atoms with Crippen molar-refractivity contribution in [3.8, 4) is 0 Å². The van der Waals surface area contributed by atoms with Crippen LogP contribution in [0.25, 0.3) is 0 Å². The number of carbonyl (C=O) groups is 1. The fourth-order valence-corrected chi connectivity index (χ4v) is 1.73. The molecular formula is C13H19NO. The van der Waals surface area contributed by atoms with Gasteiger partial charge in [-0.1, -0.05) is 32.1 Å². The zero-order valence-corrected chi connectivity index (χ0v) is 9.49. The van der Waals surface area contributed by atoms with E-state index in [4.69, 9.17) is 0 Å². The maximum atomic E-state index is 11.8. The van der Waals surface area contributed by atoms with Gasteiger partial charge in [0.25, 0.3) is 5.91 Å². The molecule has 2 aliphatic rings. The van der Waals surface area contributed by atoms with Crippen LogP contribution in [0.15, 0.2) is 23.8 Å². The van der Waals surface area contributed by atoms with Crippen LogP contribution in [0.3, 0.4) is 0 Å². The molecule has 1 saturated carbocycles. The van der Waals surface area contributed by atoms with Crippen LogP contribution in [0.2, 0.25) is 0 Å². The highest BCUT2D eigenvalue weighted by Crippen LogP contribution is 2.28. The number of amides is 1. The lowest BCUT2D eigenvalue weighted by Crippen LogP contribution is -2.27. The second-order valence-electron chi connectivity index (χ2n) is 4.85. The van der Waals surface area contributed by atoms with Crippen LogP contribution in [-0.2, 0) is 4.79 Å². The Hall–Kier alpha value is -1.05. The molecule has 2 heteroatoms. The van der Waals surface area contributed by atoms with Crippen LogP contribution < -0.4 is 5.32 Å². The Kier molecular flexibility index (Phi) is 2.94. The van der Waals surface area contributed by atoms with Crippen LogP contribution in [0.5, 0.6) is 0 Å². The summed E-state index contributed by atoms with van der Waals surface area (Å²) in [6, 6.07) is 0. The van der Waals surface area contributed by atoms with Gasteiger partial charge >= 0.3 is 0 Å². The lowest BCUT2D eigenvalue weighted by molar-refractivity contribution is -0.117. The Balaban J connectivity index is 1.89. The first-order valence-electron chi connectivity index (χ1n) is 5.85. The molecular weight excluding hydrogens is 186 g/mol. The third-order valence-corrected chi connectivity index (χ3v) is 3.36. The lowest BCUT2D eigenvalue weighted by Gasteiger charge is -2.18. The van der Waals surface area contributed by atoms with Gasteiger partial charge in [-0.25, -0.2) is 0 Å². The zero-order valence-electron chi connectivity index (χ0n) is 9.49. The zero-order chi connectivity index (χ0) is 10.8. The molecule has 82 valence electrons. The van der Waals surface area contributed by atoms with E-state index in [-0.39, 0.29) is 5.91 Å². The first-order chi connectivity index (χ1) is 7.16. The normalized spacial score (nSPS) is 29.9. The predicted octanol–water partition coefficient (Wildman–Crippen LogP) is 2.28. The largest absolute Gasteiger partial charge is 0.352 e. The Bertz CT molecular complexity index is 312. The highest BCUT2D eigenvalue weighted by molar-refractivity contribution is 5.96. The highest BCUT2D eigenvalue weighted by atomic mass is 16.1. The molecule has 0 aromatic carbocycles. The van der Waals surface area contributed by atoms with E-state index in [0.29, 0.717) is 11.8 Å². The van der Waals surface area contributed by atoms with Gasteiger partial charge in [0.1, 0.15) is 0 Å². The molecule has 1 N–H and O–H groups in total. The average Bonchev–Trinajstić information content (AvgIpc) is 3.02. The molecule has 2 nitrogen and oxygen atoms in total. The molecule has 0 spiro atoms. The quantitative estimate of drug-likeness (QED) is 0.752. The molecule has 0 aromatic heterocycles. The lowest BCUT2D eigenvalue weighted by atomic mass is 9.88. The van der Waals surface area contributed by atoms with Gasteiger partial charge < -0.3 is 5.32 Å². The summed E-state index contributed by atoms with van der Waals surface area (Å²) >= 11 is 0. The highest BCUT2D eigenvalue weighted by Gasteiger charge is 2.22. The maximum absolute atomic E-state index is 11.8. The van der Waals surface area contributed by atoms with Gasteiger partial charge in [-0.05, 0) is 30.6 Å². The van der Waals surface area contributed by atoms with Crippen molar-refractivity contribution in [1.82, 2.24) is 5.32 Å². The number of allylic oxidation sites excluding steroid dienone is 2. The fraction of sp³-hybridized carbons (Fsp3) is 0.615. The monoisotopic (exact) mass is 205 g/mol. The minimum Gasteiger partial charge on any atom is -0.352 e. The topological polar surface area (TPSA) is 29.1 Å².